The molecule has 0 saturated carbocycles. The first-order valence-electron chi connectivity index (χ1n) is 9.88. The number of fused-ring (bicyclic) bond motifs is 4. The summed E-state index contributed by atoms with van der Waals surface area (Å²) in [5.41, 5.74) is 5.41. The van der Waals surface area contributed by atoms with Crippen LogP contribution in [-0.2, 0) is 19.4 Å². The molecule has 0 fully saturated rings. The van der Waals surface area contributed by atoms with Gasteiger partial charge in [0.25, 0.3) is 0 Å². The fourth-order valence-corrected chi connectivity index (χ4v) is 4.77. The Morgan fingerprint density at radius 3 is 2.96 bits per heavy atom. The molecular weight excluding hydrogens is 338 g/mol. The van der Waals surface area contributed by atoms with Gasteiger partial charge in [0, 0.05) is 23.4 Å². The van der Waals surface area contributed by atoms with Gasteiger partial charge >= 0.3 is 5.63 Å². The molecule has 1 aromatic heterocycles. The van der Waals surface area contributed by atoms with Crippen LogP contribution < -0.4 is 15.3 Å². The normalized spacial score (nSPS) is 21.4. The van der Waals surface area contributed by atoms with E-state index >= 15 is 0 Å². The third kappa shape index (κ3) is 2.76. The van der Waals surface area contributed by atoms with Gasteiger partial charge in [-0.1, -0.05) is 31.2 Å². The molecule has 4 nitrogen and oxygen atoms in total. The molecule has 3 aromatic rings. The first-order valence-corrected chi connectivity index (χ1v) is 9.88. The summed E-state index contributed by atoms with van der Waals surface area (Å²) in [7, 11) is 0. The van der Waals surface area contributed by atoms with E-state index in [9.17, 15) is 4.79 Å². The largest absolute Gasteiger partial charge is 0.445 e. The average molecular weight is 362 g/mol. The van der Waals surface area contributed by atoms with Gasteiger partial charge in [-0.25, -0.2) is 4.79 Å². The lowest BCUT2D eigenvalue weighted by Crippen LogP contribution is -3.12. The summed E-state index contributed by atoms with van der Waals surface area (Å²) in [5, 5.41) is 1.03. The number of rotatable bonds is 2. The van der Waals surface area contributed by atoms with E-state index in [-0.39, 0.29) is 5.63 Å². The number of aryl methyl sites for hydroxylation is 2. The van der Waals surface area contributed by atoms with E-state index in [4.69, 9.17) is 9.15 Å². The molecule has 2 heterocycles. The molecule has 27 heavy (non-hydrogen) atoms. The van der Waals surface area contributed by atoms with Crippen LogP contribution in [0.1, 0.15) is 48.1 Å². The molecule has 2 aromatic carbocycles. The maximum Gasteiger partial charge on any atom is 0.336 e. The number of hydrogen-bond donors (Lipinski definition) is 1. The Bertz CT molecular complexity index is 1070. The van der Waals surface area contributed by atoms with Crippen molar-refractivity contribution in [2.75, 3.05) is 6.73 Å². The second-order valence-corrected chi connectivity index (χ2v) is 7.63. The zero-order chi connectivity index (χ0) is 18.4. The Hall–Kier alpha value is -2.59. The molecule has 0 saturated heterocycles. The lowest BCUT2D eigenvalue weighted by atomic mass is 9.86. The molecule has 0 radical (unpaired) electrons. The molecule has 1 unspecified atom stereocenters. The van der Waals surface area contributed by atoms with Crippen LogP contribution in [0.4, 0.5) is 0 Å². The van der Waals surface area contributed by atoms with E-state index in [0.29, 0.717) is 18.4 Å². The molecule has 2 atom stereocenters. The monoisotopic (exact) mass is 362 g/mol. The van der Waals surface area contributed by atoms with Gasteiger partial charge in [-0.3, -0.25) is 4.90 Å². The average Bonchev–Trinajstić information content (AvgIpc) is 2.72. The van der Waals surface area contributed by atoms with Crippen molar-refractivity contribution in [3.05, 3.63) is 75.1 Å². The van der Waals surface area contributed by atoms with Gasteiger partial charge in [0.15, 0.2) is 5.58 Å². The van der Waals surface area contributed by atoms with E-state index < -0.39 is 0 Å². The smallest absolute Gasteiger partial charge is 0.336 e. The van der Waals surface area contributed by atoms with Crippen LogP contribution >= 0.6 is 0 Å². The van der Waals surface area contributed by atoms with Crippen LogP contribution in [0.15, 0.2) is 51.7 Å². The molecule has 4 heteroatoms. The highest BCUT2D eigenvalue weighted by Crippen LogP contribution is 2.32. The molecule has 2 aliphatic rings. The Labute approximate surface area is 158 Å². The number of ether oxygens (including phenoxy) is 1. The minimum Gasteiger partial charge on any atom is -0.445 e. The van der Waals surface area contributed by atoms with E-state index in [1.165, 1.54) is 28.9 Å². The summed E-state index contributed by atoms with van der Waals surface area (Å²) in [6.07, 6.45) is 4.35. The fraction of sp³-hybridized carbons (Fsp3) is 0.348. The summed E-state index contributed by atoms with van der Waals surface area (Å²) in [5.74, 6) is 0.853. The summed E-state index contributed by atoms with van der Waals surface area (Å²) in [4.78, 5) is 13.5. The van der Waals surface area contributed by atoms with Gasteiger partial charge in [0.05, 0.1) is 5.56 Å². The van der Waals surface area contributed by atoms with Crippen molar-refractivity contribution in [2.24, 2.45) is 0 Å². The minimum absolute atomic E-state index is 0.275. The minimum atomic E-state index is -0.275. The second kappa shape index (κ2) is 6.54. The predicted octanol–water partition coefficient (Wildman–Crippen LogP) is 3.17. The lowest BCUT2D eigenvalue weighted by molar-refractivity contribution is -0.963. The molecule has 138 valence electrons. The number of benzene rings is 2. The van der Waals surface area contributed by atoms with Gasteiger partial charge in [-0.2, -0.15) is 0 Å². The van der Waals surface area contributed by atoms with Crippen molar-refractivity contribution >= 4 is 11.0 Å². The molecule has 0 spiro atoms. The second-order valence-electron chi connectivity index (χ2n) is 7.63. The molecular formula is C23H24NO3+. The molecule has 1 N–H and O–H groups in total. The third-order valence-corrected chi connectivity index (χ3v) is 6.12. The van der Waals surface area contributed by atoms with E-state index in [1.807, 2.05) is 12.1 Å². The van der Waals surface area contributed by atoms with Gasteiger partial charge in [0.1, 0.15) is 18.3 Å². The van der Waals surface area contributed by atoms with Crippen LogP contribution in [-0.4, -0.2) is 6.73 Å². The standard InChI is InChI=1S/C23H23NO3/c1-2-15-12-22(25)27-23-18(15)10-11-21-19(23)13-24(14-26-21)20-9-5-7-16-6-3-4-8-17(16)20/h3-4,6,8,10-12,20H,2,5,7,9,13-14H2,1H3/p+1/t20-/m0/s1. The fourth-order valence-electron chi connectivity index (χ4n) is 4.77. The molecule has 0 bridgehead atoms. The number of nitrogens with one attached hydrogen (secondary N) is 1. The quantitative estimate of drug-likeness (QED) is 0.712. The van der Waals surface area contributed by atoms with Crippen molar-refractivity contribution < 1.29 is 14.1 Å². The summed E-state index contributed by atoms with van der Waals surface area (Å²) in [6, 6.07) is 14.9. The van der Waals surface area contributed by atoms with E-state index in [1.54, 1.807) is 6.07 Å². The predicted molar refractivity (Wildman–Crippen MR) is 104 cm³/mol. The number of quaternary nitrogens is 1. The molecule has 5 rings (SSSR count). The van der Waals surface area contributed by atoms with Crippen molar-refractivity contribution in [3.8, 4) is 5.75 Å². The maximum absolute atomic E-state index is 12.1. The highest BCUT2D eigenvalue weighted by Gasteiger charge is 2.34. The topological polar surface area (TPSA) is 43.9 Å². The Morgan fingerprint density at radius 2 is 2.07 bits per heavy atom. The van der Waals surface area contributed by atoms with Crippen LogP contribution in [0.3, 0.4) is 0 Å². The lowest BCUT2D eigenvalue weighted by Gasteiger charge is -2.35. The summed E-state index contributed by atoms with van der Waals surface area (Å²) >= 11 is 0. The highest BCUT2D eigenvalue weighted by molar-refractivity contribution is 5.85. The SMILES string of the molecule is CCc1cc(=O)oc2c3c(ccc12)OC[NH+]([C@H]1CCCc2ccccc21)C3. The van der Waals surface area contributed by atoms with Crippen LogP contribution in [0, 0.1) is 0 Å². The van der Waals surface area contributed by atoms with Crippen LogP contribution in [0.2, 0.25) is 0 Å². The third-order valence-electron chi connectivity index (χ3n) is 6.12. The van der Waals surface area contributed by atoms with Crippen molar-refractivity contribution in [3.63, 3.8) is 0 Å². The number of hydrogen-bond acceptors (Lipinski definition) is 3. The first kappa shape index (κ1) is 16.6. The zero-order valence-corrected chi connectivity index (χ0v) is 15.6. The van der Waals surface area contributed by atoms with E-state index in [0.717, 1.165) is 41.6 Å². The highest BCUT2D eigenvalue weighted by atomic mass is 16.5. The van der Waals surface area contributed by atoms with Crippen molar-refractivity contribution in [2.45, 2.75) is 45.2 Å². The zero-order valence-electron chi connectivity index (χ0n) is 15.6. The van der Waals surface area contributed by atoms with Gasteiger partial charge in [0.2, 0.25) is 6.73 Å². The van der Waals surface area contributed by atoms with Crippen molar-refractivity contribution in [1.29, 1.82) is 0 Å². The summed E-state index contributed by atoms with van der Waals surface area (Å²) in [6.45, 7) is 3.54. The van der Waals surface area contributed by atoms with Gasteiger partial charge in [-0.15, -0.1) is 0 Å². The Kier molecular flexibility index (Phi) is 4.01. The Morgan fingerprint density at radius 1 is 1.19 bits per heavy atom. The summed E-state index contributed by atoms with van der Waals surface area (Å²) < 4.78 is 11.8. The Balaban J connectivity index is 1.58. The maximum atomic E-state index is 12.1. The first-order chi connectivity index (χ1) is 13.2. The molecule has 1 aliphatic heterocycles. The van der Waals surface area contributed by atoms with Gasteiger partial charge < -0.3 is 9.15 Å². The van der Waals surface area contributed by atoms with Gasteiger partial charge in [-0.05, 0) is 42.5 Å². The molecule has 0 amide bonds. The van der Waals surface area contributed by atoms with Crippen LogP contribution in [0.25, 0.3) is 11.0 Å². The van der Waals surface area contributed by atoms with Crippen molar-refractivity contribution in [1.82, 2.24) is 0 Å². The van der Waals surface area contributed by atoms with E-state index in [2.05, 4.69) is 31.2 Å². The molecule has 1 aliphatic carbocycles. The van der Waals surface area contributed by atoms with Crippen LogP contribution in [0.5, 0.6) is 5.75 Å².